The van der Waals surface area contributed by atoms with E-state index in [0.29, 0.717) is 0 Å². The predicted molar refractivity (Wildman–Crippen MR) is 91.2 cm³/mol. The number of hydrogen-bond donors (Lipinski definition) is 1. The highest BCUT2D eigenvalue weighted by molar-refractivity contribution is 5.78. The van der Waals surface area contributed by atoms with Crippen molar-refractivity contribution >= 4 is 12.0 Å². The van der Waals surface area contributed by atoms with Crippen LogP contribution in [0.2, 0.25) is 0 Å². The summed E-state index contributed by atoms with van der Waals surface area (Å²) in [5.41, 5.74) is 1.31. The van der Waals surface area contributed by atoms with Crippen molar-refractivity contribution in [3.05, 3.63) is 54.6 Å². The lowest BCUT2D eigenvalue weighted by Crippen LogP contribution is -1.96. The molecule has 0 heterocycles. The summed E-state index contributed by atoms with van der Waals surface area (Å²) in [5, 5.41) is 7.60. The van der Waals surface area contributed by atoms with Gasteiger partial charge in [0.15, 0.2) is 0 Å². The fraction of sp³-hybridized carbons (Fsp3) is 0.421. The van der Waals surface area contributed by atoms with Gasteiger partial charge < -0.3 is 5.11 Å². The molecule has 0 saturated heterocycles. The first kappa shape index (κ1) is 19.2. The predicted octanol–water partition coefficient (Wildman–Crippen LogP) is 5.56. The van der Waals surface area contributed by atoms with Crippen molar-refractivity contribution in [3.63, 3.8) is 0 Å². The number of unbranched alkanes of at least 4 members (excludes halogenated alkanes) is 1. The standard InChI is InChI=1S/C16H24.C3H4O2/c1-3-5-10-15(4-2)13-9-14-16-11-7-6-8-12-16;1-2-3(4)5/h6-9,11-12,14-15H,3-5,10,13H2,1-2H3;2H,1H2,(H,4,5). The number of benzene rings is 1. The number of carboxylic acids is 1. The Balaban J connectivity index is 0.000000690. The minimum absolute atomic E-state index is 0.833. The lowest BCUT2D eigenvalue weighted by Gasteiger charge is -2.11. The minimum atomic E-state index is -0.981. The van der Waals surface area contributed by atoms with Crippen LogP contribution in [-0.4, -0.2) is 11.1 Å². The van der Waals surface area contributed by atoms with Gasteiger partial charge >= 0.3 is 5.97 Å². The molecule has 0 amide bonds. The van der Waals surface area contributed by atoms with Gasteiger partial charge in [-0.1, -0.05) is 88.6 Å². The first-order chi connectivity index (χ1) is 10.1. The SMILES string of the molecule is C=CC(=O)O.CCCCC(CC)CC=Cc1ccccc1. The van der Waals surface area contributed by atoms with Crippen LogP contribution in [0, 0.1) is 5.92 Å². The van der Waals surface area contributed by atoms with Crippen LogP contribution in [0.3, 0.4) is 0 Å². The van der Waals surface area contributed by atoms with Crippen LogP contribution >= 0.6 is 0 Å². The summed E-state index contributed by atoms with van der Waals surface area (Å²) >= 11 is 0. The van der Waals surface area contributed by atoms with E-state index >= 15 is 0 Å². The summed E-state index contributed by atoms with van der Waals surface area (Å²) < 4.78 is 0. The van der Waals surface area contributed by atoms with Crippen molar-refractivity contribution in [2.45, 2.75) is 46.0 Å². The fourth-order valence-electron chi connectivity index (χ4n) is 1.94. The maximum Gasteiger partial charge on any atom is 0.327 e. The Morgan fingerprint density at radius 1 is 1.29 bits per heavy atom. The van der Waals surface area contributed by atoms with Gasteiger partial charge in [-0.3, -0.25) is 0 Å². The van der Waals surface area contributed by atoms with E-state index in [1.807, 2.05) is 0 Å². The molecule has 0 aliphatic carbocycles. The highest BCUT2D eigenvalue weighted by Crippen LogP contribution is 2.17. The van der Waals surface area contributed by atoms with E-state index in [1.54, 1.807) is 0 Å². The Hall–Kier alpha value is -1.83. The second kappa shape index (κ2) is 13.2. The van der Waals surface area contributed by atoms with E-state index in [9.17, 15) is 4.79 Å². The maximum absolute atomic E-state index is 9.25. The van der Waals surface area contributed by atoms with Crippen molar-refractivity contribution in [2.75, 3.05) is 0 Å². The van der Waals surface area contributed by atoms with Crippen LogP contribution in [-0.2, 0) is 4.79 Å². The normalized spacial score (nSPS) is 11.5. The van der Waals surface area contributed by atoms with Gasteiger partial charge in [0.25, 0.3) is 0 Å². The highest BCUT2D eigenvalue weighted by Gasteiger charge is 2.02. The van der Waals surface area contributed by atoms with E-state index in [1.165, 1.54) is 37.7 Å². The molecule has 0 radical (unpaired) electrons. The van der Waals surface area contributed by atoms with Crippen molar-refractivity contribution in [3.8, 4) is 0 Å². The molecule has 1 aromatic carbocycles. The molecular formula is C19H28O2. The van der Waals surface area contributed by atoms with Crippen LogP contribution < -0.4 is 0 Å². The van der Waals surface area contributed by atoms with Gasteiger partial charge in [-0.2, -0.15) is 0 Å². The van der Waals surface area contributed by atoms with Crippen molar-refractivity contribution < 1.29 is 9.90 Å². The van der Waals surface area contributed by atoms with Gasteiger partial charge in [0, 0.05) is 6.08 Å². The Bertz CT molecular complexity index is 407. The molecule has 1 unspecified atom stereocenters. The third-order valence-corrected chi connectivity index (χ3v) is 3.30. The van der Waals surface area contributed by atoms with Crippen LogP contribution in [0.1, 0.15) is 51.5 Å². The third-order valence-electron chi connectivity index (χ3n) is 3.30. The number of rotatable bonds is 8. The zero-order valence-electron chi connectivity index (χ0n) is 13.3. The number of carbonyl (C=O) groups is 1. The Labute approximate surface area is 129 Å². The first-order valence-corrected chi connectivity index (χ1v) is 7.70. The van der Waals surface area contributed by atoms with Crippen LogP contribution in [0.25, 0.3) is 6.08 Å². The van der Waals surface area contributed by atoms with Gasteiger partial charge in [0.05, 0.1) is 0 Å². The molecule has 1 atom stereocenters. The van der Waals surface area contributed by atoms with Gasteiger partial charge in [0.2, 0.25) is 0 Å². The highest BCUT2D eigenvalue weighted by atomic mass is 16.4. The monoisotopic (exact) mass is 288 g/mol. The van der Waals surface area contributed by atoms with E-state index in [4.69, 9.17) is 5.11 Å². The Morgan fingerprint density at radius 3 is 2.38 bits per heavy atom. The molecule has 0 aliphatic heterocycles. The number of hydrogen-bond acceptors (Lipinski definition) is 1. The second-order valence-corrected chi connectivity index (χ2v) is 5.01. The van der Waals surface area contributed by atoms with E-state index in [-0.39, 0.29) is 0 Å². The molecule has 21 heavy (non-hydrogen) atoms. The van der Waals surface area contributed by atoms with Gasteiger partial charge in [-0.25, -0.2) is 4.79 Å². The molecule has 0 fully saturated rings. The summed E-state index contributed by atoms with van der Waals surface area (Å²) in [7, 11) is 0. The molecule has 1 rings (SSSR count). The lowest BCUT2D eigenvalue weighted by molar-refractivity contribution is -0.131. The Morgan fingerprint density at radius 2 is 1.90 bits per heavy atom. The largest absolute Gasteiger partial charge is 0.478 e. The fourth-order valence-corrected chi connectivity index (χ4v) is 1.94. The quantitative estimate of drug-likeness (QED) is 0.635. The summed E-state index contributed by atoms with van der Waals surface area (Å²) in [5.74, 6) is -0.107. The molecule has 2 heteroatoms. The van der Waals surface area contributed by atoms with Crippen molar-refractivity contribution in [1.82, 2.24) is 0 Å². The zero-order valence-corrected chi connectivity index (χ0v) is 13.3. The molecule has 0 aliphatic rings. The van der Waals surface area contributed by atoms with E-state index in [0.717, 1.165) is 12.0 Å². The van der Waals surface area contributed by atoms with Crippen molar-refractivity contribution in [2.24, 2.45) is 5.92 Å². The average Bonchev–Trinajstić information content (AvgIpc) is 2.52. The summed E-state index contributed by atoms with van der Waals surface area (Å²) in [6.07, 6.45) is 12.0. The zero-order chi connectivity index (χ0) is 15.9. The molecule has 116 valence electrons. The van der Waals surface area contributed by atoms with Crippen LogP contribution in [0.15, 0.2) is 49.1 Å². The topological polar surface area (TPSA) is 37.3 Å². The average molecular weight is 288 g/mol. The van der Waals surface area contributed by atoms with Crippen molar-refractivity contribution in [1.29, 1.82) is 0 Å². The maximum atomic E-state index is 9.25. The lowest BCUT2D eigenvalue weighted by atomic mass is 9.95. The summed E-state index contributed by atoms with van der Waals surface area (Å²) in [6, 6.07) is 10.6. The number of carboxylic acid groups (broad SMARTS) is 1. The first-order valence-electron chi connectivity index (χ1n) is 7.70. The third kappa shape index (κ3) is 11.7. The molecule has 1 aromatic rings. The Kier molecular flexibility index (Phi) is 12.0. The van der Waals surface area contributed by atoms with E-state index in [2.05, 4.69) is 62.9 Å². The van der Waals surface area contributed by atoms with Crippen LogP contribution in [0.5, 0.6) is 0 Å². The van der Waals surface area contributed by atoms with Crippen LogP contribution in [0.4, 0.5) is 0 Å². The smallest absolute Gasteiger partial charge is 0.327 e. The second-order valence-electron chi connectivity index (χ2n) is 5.01. The minimum Gasteiger partial charge on any atom is -0.478 e. The molecule has 0 spiro atoms. The number of aliphatic carboxylic acids is 1. The molecular weight excluding hydrogens is 260 g/mol. The van der Waals surface area contributed by atoms with Gasteiger partial charge in [-0.05, 0) is 17.9 Å². The van der Waals surface area contributed by atoms with Gasteiger partial charge in [-0.15, -0.1) is 0 Å². The summed E-state index contributed by atoms with van der Waals surface area (Å²) in [4.78, 5) is 9.25. The molecule has 0 aromatic heterocycles. The molecule has 0 bridgehead atoms. The summed E-state index contributed by atoms with van der Waals surface area (Å²) in [6.45, 7) is 7.53. The molecule has 2 nitrogen and oxygen atoms in total. The number of allylic oxidation sites excluding steroid dienone is 1. The molecule has 1 N–H and O–H groups in total. The molecule has 0 saturated carbocycles. The van der Waals surface area contributed by atoms with E-state index < -0.39 is 5.97 Å². The van der Waals surface area contributed by atoms with Gasteiger partial charge in [0.1, 0.15) is 0 Å².